The van der Waals surface area contributed by atoms with Gasteiger partial charge in [0.2, 0.25) is 11.8 Å². The first-order valence-electron chi connectivity index (χ1n) is 15.5. The SMILES string of the molecule is CC(C)(C)OC(=O)NCC(=O)N1C[C@H](OCc2ccc(F)cc2)[C@@H]2[C@H]1CCN2C(=O)C(NC(=O)OCc1ccccc1)C(C)(C)C. The molecule has 0 bridgehead atoms. The van der Waals surface area contributed by atoms with Crippen LogP contribution < -0.4 is 10.6 Å². The lowest BCUT2D eigenvalue weighted by Gasteiger charge is -2.36. The highest BCUT2D eigenvalue weighted by molar-refractivity contribution is 5.88. The molecule has 0 radical (unpaired) electrons. The summed E-state index contributed by atoms with van der Waals surface area (Å²) < 4.78 is 30.5. The van der Waals surface area contributed by atoms with Gasteiger partial charge in [-0.25, -0.2) is 14.0 Å². The van der Waals surface area contributed by atoms with Gasteiger partial charge in [0.05, 0.1) is 24.8 Å². The Morgan fingerprint density at radius 3 is 2.17 bits per heavy atom. The van der Waals surface area contributed by atoms with Gasteiger partial charge in [0.25, 0.3) is 0 Å². The molecule has 46 heavy (non-hydrogen) atoms. The van der Waals surface area contributed by atoms with E-state index in [4.69, 9.17) is 14.2 Å². The molecule has 1 unspecified atom stereocenters. The normalized spacial score (nSPS) is 20.1. The molecule has 2 aliphatic heterocycles. The lowest BCUT2D eigenvalue weighted by atomic mass is 9.85. The Kier molecular flexibility index (Phi) is 10.9. The quantitative estimate of drug-likeness (QED) is 0.417. The zero-order valence-corrected chi connectivity index (χ0v) is 27.4. The summed E-state index contributed by atoms with van der Waals surface area (Å²) in [4.78, 5) is 56.0. The molecule has 4 atom stereocenters. The number of carbonyl (C=O) groups is 4. The first-order valence-corrected chi connectivity index (χ1v) is 15.5. The minimum absolute atomic E-state index is 0.0554. The Morgan fingerprint density at radius 1 is 0.891 bits per heavy atom. The van der Waals surface area contributed by atoms with E-state index >= 15 is 0 Å². The highest BCUT2D eigenvalue weighted by Gasteiger charge is 2.54. The van der Waals surface area contributed by atoms with Crippen LogP contribution in [-0.4, -0.2) is 83.3 Å². The van der Waals surface area contributed by atoms with Crippen LogP contribution in [0.15, 0.2) is 54.6 Å². The van der Waals surface area contributed by atoms with E-state index < -0.39 is 41.4 Å². The predicted octanol–water partition coefficient (Wildman–Crippen LogP) is 4.39. The van der Waals surface area contributed by atoms with Crippen LogP contribution >= 0.6 is 0 Å². The van der Waals surface area contributed by atoms with Crippen molar-refractivity contribution >= 4 is 24.0 Å². The second kappa shape index (κ2) is 14.5. The summed E-state index contributed by atoms with van der Waals surface area (Å²) in [6.45, 7) is 11.2. The second-order valence-electron chi connectivity index (χ2n) is 13.8. The zero-order valence-electron chi connectivity index (χ0n) is 27.4. The number of fused-ring (bicyclic) bond motifs is 1. The van der Waals surface area contributed by atoms with Gasteiger partial charge in [0.1, 0.15) is 30.6 Å². The van der Waals surface area contributed by atoms with Crippen molar-refractivity contribution in [2.75, 3.05) is 19.6 Å². The van der Waals surface area contributed by atoms with Crippen LogP contribution in [0.4, 0.5) is 14.0 Å². The zero-order chi connectivity index (χ0) is 33.6. The Bertz CT molecular complexity index is 1370. The summed E-state index contributed by atoms with van der Waals surface area (Å²) in [7, 11) is 0. The van der Waals surface area contributed by atoms with Gasteiger partial charge < -0.3 is 34.6 Å². The van der Waals surface area contributed by atoms with Crippen molar-refractivity contribution in [2.24, 2.45) is 5.41 Å². The van der Waals surface area contributed by atoms with E-state index in [2.05, 4.69) is 10.6 Å². The van der Waals surface area contributed by atoms with Crippen LogP contribution in [0.5, 0.6) is 0 Å². The summed E-state index contributed by atoms with van der Waals surface area (Å²) in [5, 5.41) is 5.30. The number of carbonyl (C=O) groups excluding carboxylic acids is 4. The number of amides is 4. The molecule has 2 heterocycles. The van der Waals surface area contributed by atoms with Gasteiger partial charge in [-0.15, -0.1) is 0 Å². The molecule has 11 nitrogen and oxygen atoms in total. The maximum Gasteiger partial charge on any atom is 0.408 e. The minimum atomic E-state index is -0.925. The number of rotatable bonds is 9. The molecule has 250 valence electrons. The van der Waals surface area contributed by atoms with Crippen molar-refractivity contribution in [3.8, 4) is 0 Å². The molecule has 12 heteroatoms. The molecular formula is C34H45FN4O7. The first kappa shape index (κ1) is 34.7. The molecule has 0 spiro atoms. The third-order valence-corrected chi connectivity index (χ3v) is 7.93. The van der Waals surface area contributed by atoms with Crippen molar-refractivity contribution in [1.82, 2.24) is 20.4 Å². The average Bonchev–Trinajstić information content (AvgIpc) is 3.57. The Balaban J connectivity index is 1.50. The molecule has 0 aromatic heterocycles. The Morgan fingerprint density at radius 2 is 1.54 bits per heavy atom. The van der Waals surface area contributed by atoms with Crippen molar-refractivity contribution in [3.63, 3.8) is 0 Å². The molecule has 2 N–H and O–H groups in total. The predicted molar refractivity (Wildman–Crippen MR) is 168 cm³/mol. The van der Waals surface area contributed by atoms with Crippen molar-refractivity contribution in [2.45, 2.75) is 91.0 Å². The van der Waals surface area contributed by atoms with E-state index in [0.717, 1.165) is 11.1 Å². The summed E-state index contributed by atoms with van der Waals surface area (Å²) in [5.41, 5.74) is 0.164. The third-order valence-electron chi connectivity index (χ3n) is 7.93. The van der Waals surface area contributed by atoms with Crippen LogP contribution in [0.2, 0.25) is 0 Å². The number of benzene rings is 2. The summed E-state index contributed by atoms with van der Waals surface area (Å²) >= 11 is 0. The molecule has 0 aliphatic carbocycles. The van der Waals surface area contributed by atoms with Crippen LogP contribution in [0.25, 0.3) is 0 Å². The molecule has 2 fully saturated rings. The molecule has 2 saturated heterocycles. The first-order chi connectivity index (χ1) is 21.6. The summed E-state index contributed by atoms with van der Waals surface area (Å²) in [6.07, 6.45) is -1.51. The highest BCUT2D eigenvalue weighted by Crippen LogP contribution is 2.36. The average molecular weight is 641 g/mol. The van der Waals surface area contributed by atoms with Crippen molar-refractivity contribution in [1.29, 1.82) is 0 Å². The number of hydrogen-bond acceptors (Lipinski definition) is 7. The standard InChI is InChI=1S/C34H45FN4O7/c1-33(2,3)29(37-32(43)45-21-22-10-8-7-9-11-22)30(41)38-17-16-25-28(38)26(44-20-23-12-14-24(35)15-13-23)19-39(25)27(40)18-36-31(42)46-34(4,5)6/h7-15,25-26,28-29H,16-21H2,1-6H3,(H,36,42)(H,37,43)/t25-,26+,28+,29?/m1/s1. The molecule has 4 rings (SSSR count). The number of nitrogens with one attached hydrogen (secondary N) is 2. The van der Waals surface area contributed by atoms with E-state index in [1.807, 2.05) is 51.1 Å². The van der Waals surface area contributed by atoms with Gasteiger partial charge in [-0.05, 0) is 55.9 Å². The summed E-state index contributed by atoms with van der Waals surface area (Å²) in [6, 6.07) is 13.4. The smallest absolute Gasteiger partial charge is 0.408 e. The van der Waals surface area contributed by atoms with Gasteiger partial charge in [-0.2, -0.15) is 0 Å². The minimum Gasteiger partial charge on any atom is -0.445 e. The van der Waals surface area contributed by atoms with Gasteiger partial charge in [0.15, 0.2) is 0 Å². The number of nitrogens with zero attached hydrogens (tertiary/aromatic N) is 2. The number of halogens is 1. The van der Waals surface area contributed by atoms with Gasteiger partial charge in [0, 0.05) is 13.1 Å². The van der Waals surface area contributed by atoms with Crippen molar-refractivity contribution < 1.29 is 37.8 Å². The lowest BCUT2D eigenvalue weighted by molar-refractivity contribution is -0.139. The van der Waals surface area contributed by atoms with E-state index in [1.54, 1.807) is 42.7 Å². The molecular weight excluding hydrogens is 595 g/mol. The maximum atomic E-state index is 14.2. The monoisotopic (exact) mass is 640 g/mol. The Labute approximate surface area is 269 Å². The number of likely N-dealkylation sites (tertiary alicyclic amines) is 2. The Hall–Kier alpha value is -4.19. The lowest BCUT2D eigenvalue weighted by Crippen LogP contribution is -2.57. The molecule has 2 aromatic rings. The van der Waals surface area contributed by atoms with Crippen LogP contribution in [0, 0.1) is 11.2 Å². The van der Waals surface area contributed by atoms with E-state index in [9.17, 15) is 23.6 Å². The molecule has 4 amide bonds. The van der Waals surface area contributed by atoms with Crippen LogP contribution in [0.3, 0.4) is 0 Å². The van der Waals surface area contributed by atoms with Gasteiger partial charge >= 0.3 is 12.2 Å². The van der Waals surface area contributed by atoms with Crippen LogP contribution in [0.1, 0.15) is 59.1 Å². The fourth-order valence-electron chi connectivity index (χ4n) is 5.76. The number of alkyl carbamates (subject to hydrolysis) is 2. The largest absolute Gasteiger partial charge is 0.445 e. The fraction of sp³-hybridized carbons (Fsp3) is 0.529. The van der Waals surface area contributed by atoms with Gasteiger partial charge in [-0.1, -0.05) is 63.2 Å². The fourth-order valence-corrected chi connectivity index (χ4v) is 5.76. The number of hydrogen-bond donors (Lipinski definition) is 2. The second-order valence-corrected chi connectivity index (χ2v) is 13.8. The summed E-state index contributed by atoms with van der Waals surface area (Å²) in [5.74, 6) is -1.01. The van der Waals surface area contributed by atoms with Crippen molar-refractivity contribution in [3.05, 3.63) is 71.5 Å². The molecule has 2 aromatic carbocycles. The number of ether oxygens (including phenoxy) is 3. The van der Waals surface area contributed by atoms with Crippen LogP contribution in [-0.2, 0) is 37.0 Å². The maximum absolute atomic E-state index is 14.2. The van der Waals surface area contributed by atoms with E-state index in [-0.39, 0.29) is 50.0 Å². The molecule has 2 aliphatic rings. The third kappa shape index (κ3) is 9.18. The van der Waals surface area contributed by atoms with E-state index in [0.29, 0.717) is 13.0 Å². The topological polar surface area (TPSA) is 127 Å². The highest BCUT2D eigenvalue weighted by atomic mass is 19.1. The molecule has 0 saturated carbocycles. The van der Waals surface area contributed by atoms with Gasteiger partial charge in [-0.3, -0.25) is 9.59 Å². The van der Waals surface area contributed by atoms with E-state index in [1.165, 1.54) is 12.1 Å².